The molecule has 0 atom stereocenters. The van der Waals surface area contributed by atoms with Crippen LogP contribution in [0, 0.1) is 0 Å². The van der Waals surface area contributed by atoms with Crippen LogP contribution in [-0.2, 0) is 14.2 Å². The predicted octanol–water partition coefficient (Wildman–Crippen LogP) is 1.15. The topological polar surface area (TPSA) is 27.7 Å². The SMILES string of the molecule is CCOCC[N+](CC)(CCOC)CCOC. The van der Waals surface area contributed by atoms with Gasteiger partial charge in [-0.2, -0.15) is 0 Å². The van der Waals surface area contributed by atoms with Gasteiger partial charge in [-0.05, 0) is 13.8 Å². The van der Waals surface area contributed by atoms with Crippen LogP contribution < -0.4 is 0 Å². The van der Waals surface area contributed by atoms with Crippen LogP contribution in [0.4, 0.5) is 0 Å². The van der Waals surface area contributed by atoms with Crippen molar-refractivity contribution in [2.24, 2.45) is 0 Å². The number of rotatable bonds is 11. The Kier molecular flexibility index (Phi) is 9.92. The average Bonchev–Trinajstić information content (AvgIpc) is 2.32. The van der Waals surface area contributed by atoms with E-state index >= 15 is 0 Å². The Morgan fingerprint density at radius 2 is 1.31 bits per heavy atom. The average molecular weight is 234 g/mol. The van der Waals surface area contributed by atoms with Crippen molar-refractivity contribution in [2.75, 3.05) is 66.8 Å². The van der Waals surface area contributed by atoms with Crippen molar-refractivity contribution in [1.29, 1.82) is 0 Å². The highest BCUT2D eigenvalue weighted by Crippen LogP contribution is 2.06. The Balaban J connectivity index is 4.16. The Morgan fingerprint density at radius 3 is 1.69 bits per heavy atom. The molecule has 0 bridgehead atoms. The fraction of sp³-hybridized carbons (Fsp3) is 1.00. The molecule has 16 heavy (non-hydrogen) atoms. The molecule has 0 aliphatic rings. The standard InChI is InChI=1S/C12H28NO3/c1-5-13(7-10-14-3,8-11-15-4)9-12-16-6-2/h5-12H2,1-4H3/q+1. The highest BCUT2D eigenvalue weighted by Gasteiger charge is 2.24. The van der Waals surface area contributed by atoms with E-state index in [-0.39, 0.29) is 0 Å². The number of ether oxygens (including phenoxy) is 3. The highest BCUT2D eigenvalue weighted by atomic mass is 16.5. The second-order valence-corrected chi connectivity index (χ2v) is 4.01. The number of hydrogen-bond donors (Lipinski definition) is 0. The lowest BCUT2D eigenvalue weighted by Gasteiger charge is -2.37. The molecule has 0 spiro atoms. The zero-order valence-corrected chi connectivity index (χ0v) is 11.3. The second-order valence-electron chi connectivity index (χ2n) is 4.01. The van der Waals surface area contributed by atoms with Crippen LogP contribution in [0.25, 0.3) is 0 Å². The third-order valence-corrected chi connectivity index (χ3v) is 3.12. The van der Waals surface area contributed by atoms with E-state index in [9.17, 15) is 0 Å². The lowest BCUT2D eigenvalue weighted by Crippen LogP contribution is -2.53. The molecule has 98 valence electrons. The van der Waals surface area contributed by atoms with E-state index in [4.69, 9.17) is 14.2 Å². The van der Waals surface area contributed by atoms with Crippen LogP contribution in [0.2, 0.25) is 0 Å². The summed E-state index contributed by atoms with van der Waals surface area (Å²) in [6, 6.07) is 0. The van der Waals surface area contributed by atoms with Gasteiger partial charge in [0.05, 0.1) is 26.4 Å². The summed E-state index contributed by atoms with van der Waals surface area (Å²) >= 11 is 0. The Labute approximate surface area is 100 Å². The molecule has 0 aromatic carbocycles. The molecular formula is C12H28NO3+. The monoisotopic (exact) mass is 234 g/mol. The number of likely N-dealkylation sites (N-methyl/N-ethyl adjacent to an activating group) is 1. The summed E-state index contributed by atoms with van der Waals surface area (Å²) in [6.45, 7) is 11.6. The molecule has 0 aromatic rings. The quantitative estimate of drug-likeness (QED) is 0.396. The molecule has 0 aliphatic heterocycles. The Hall–Kier alpha value is -0.160. The van der Waals surface area contributed by atoms with Crippen molar-refractivity contribution < 1.29 is 18.7 Å². The molecule has 4 nitrogen and oxygen atoms in total. The third kappa shape index (κ3) is 6.43. The number of methoxy groups -OCH3 is 2. The molecule has 0 unspecified atom stereocenters. The summed E-state index contributed by atoms with van der Waals surface area (Å²) in [5.74, 6) is 0. The molecule has 0 amide bonds. The summed E-state index contributed by atoms with van der Waals surface area (Å²) < 4.78 is 16.8. The molecule has 0 heterocycles. The van der Waals surface area contributed by atoms with Gasteiger partial charge in [-0.3, -0.25) is 0 Å². The molecule has 0 fully saturated rings. The molecule has 0 aliphatic carbocycles. The molecule has 0 N–H and O–H groups in total. The fourth-order valence-corrected chi connectivity index (χ4v) is 1.78. The first kappa shape index (κ1) is 15.8. The number of nitrogens with zero attached hydrogens (tertiary/aromatic N) is 1. The van der Waals surface area contributed by atoms with E-state index in [1.165, 1.54) is 0 Å². The maximum atomic E-state index is 5.45. The van der Waals surface area contributed by atoms with E-state index in [0.29, 0.717) is 0 Å². The van der Waals surface area contributed by atoms with Crippen LogP contribution in [-0.4, -0.2) is 71.3 Å². The third-order valence-electron chi connectivity index (χ3n) is 3.12. The molecule has 0 saturated carbocycles. The fourth-order valence-electron chi connectivity index (χ4n) is 1.78. The van der Waals surface area contributed by atoms with Gasteiger partial charge in [0.2, 0.25) is 0 Å². The Morgan fingerprint density at radius 1 is 0.812 bits per heavy atom. The number of quaternary nitrogens is 1. The van der Waals surface area contributed by atoms with Gasteiger partial charge < -0.3 is 18.7 Å². The largest absolute Gasteiger partial charge is 0.379 e. The smallest absolute Gasteiger partial charge is 0.103 e. The van der Waals surface area contributed by atoms with Gasteiger partial charge in [-0.15, -0.1) is 0 Å². The van der Waals surface area contributed by atoms with Crippen molar-refractivity contribution in [2.45, 2.75) is 13.8 Å². The lowest BCUT2D eigenvalue weighted by atomic mass is 10.3. The summed E-state index contributed by atoms with van der Waals surface area (Å²) in [5, 5.41) is 0. The molecular weight excluding hydrogens is 206 g/mol. The minimum Gasteiger partial charge on any atom is -0.379 e. The Bertz CT molecular complexity index is 145. The van der Waals surface area contributed by atoms with Crippen LogP contribution in [0.5, 0.6) is 0 Å². The van der Waals surface area contributed by atoms with Crippen LogP contribution in [0.3, 0.4) is 0 Å². The van der Waals surface area contributed by atoms with Crippen molar-refractivity contribution in [3.8, 4) is 0 Å². The highest BCUT2D eigenvalue weighted by molar-refractivity contribution is 4.44. The molecule has 0 saturated heterocycles. The maximum Gasteiger partial charge on any atom is 0.103 e. The van der Waals surface area contributed by atoms with E-state index in [1.807, 2.05) is 6.92 Å². The van der Waals surface area contributed by atoms with Gasteiger partial charge in [-0.1, -0.05) is 0 Å². The molecule has 4 heteroatoms. The normalized spacial score (nSPS) is 12.0. The van der Waals surface area contributed by atoms with Crippen molar-refractivity contribution >= 4 is 0 Å². The van der Waals surface area contributed by atoms with E-state index in [0.717, 1.165) is 57.1 Å². The molecule has 0 rings (SSSR count). The van der Waals surface area contributed by atoms with Crippen molar-refractivity contribution in [3.05, 3.63) is 0 Å². The van der Waals surface area contributed by atoms with Crippen LogP contribution >= 0.6 is 0 Å². The van der Waals surface area contributed by atoms with Gasteiger partial charge in [0, 0.05) is 20.8 Å². The second kappa shape index (κ2) is 10.0. The van der Waals surface area contributed by atoms with Crippen LogP contribution in [0.1, 0.15) is 13.8 Å². The van der Waals surface area contributed by atoms with Gasteiger partial charge in [-0.25, -0.2) is 0 Å². The zero-order valence-electron chi connectivity index (χ0n) is 11.3. The summed E-state index contributed by atoms with van der Waals surface area (Å²) in [7, 11) is 3.51. The maximum absolute atomic E-state index is 5.45. The van der Waals surface area contributed by atoms with E-state index in [1.54, 1.807) is 14.2 Å². The predicted molar refractivity (Wildman–Crippen MR) is 65.6 cm³/mol. The van der Waals surface area contributed by atoms with E-state index in [2.05, 4.69) is 6.92 Å². The van der Waals surface area contributed by atoms with Crippen LogP contribution in [0.15, 0.2) is 0 Å². The summed E-state index contributed by atoms with van der Waals surface area (Å²) in [4.78, 5) is 0. The van der Waals surface area contributed by atoms with Gasteiger partial charge >= 0.3 is 0 Å². The minimum absolute atomic E-state index is 0.790. The van der Waals surface area contributed by atoms with Gasteiger partial charge in [0.1, 0.15) is 19.6 Å². The van der Waals surface area contributed by atoms with Crippen molar-refractivity contribution in [3.63, 3.8) is 0 Å². The van der Waals surface area contributed by atoms with Gasteiger partial charge in [0.15, 0.2) is 0 Å². The lowest BCUT2D eigenvalue weighted by molar-refractivity contribution is -0.927. The van der Waals surface area contributed by atoms with Gasteiger partial charge in [0.25, 0.3) is 0 Å². The molecule has 0 radical (unpaired) electrons. The van der Waals surface area contributed by atoms with Crippen molar-refractivity contribution in [1.82, 2.24) is 0 Å². The summed E-state index contributed by atoms with van der Waals surface area (Å²) in [5.41, 5.74) is 0. The zero-order chi connectivity index (χ0) is 12.3. The molecule has 0 aromatic heterocycles. The van der Waals surface area contributed by atoms with E-state index < -0.39 is 0 Å². The first-order valence-corrected chi connectivity index (χ1v) is 6.15. The summed E-state index contributed by atoms with van der Waals surface area (Å²) in [6.07, 6.45) is 0. The first-order valence-electron chi connectivity index (χ1n) is 6.15. The number of hydrogen-bond acceptors (Lipinski definition) is 3. The minimum atomic E-state index is 0.790. The first-order chi connectivity index (χ1) is 7.74.